The highest BCUT2D eigenvalue weighted by molar-refractivity contribution is 4.87. The highest BCUT2D eigenvalue weighted by atomic mass is 16.6. The van der Waals surface area contributed by atoms with Crippen molar-refractivity contribution < 1.29 is 4.84 Å². The van der Waals surface area contributed by atoms with Crippen molar-refractivity contribution in [2.75, 3.05) is 19.7 Å². The van der Waals surface area contributed by atoms with Gasteiger partial charge in [-0.15, -0.1) is 0 Å². The number of nitrogens with two attached hydrogens (primary N) is 1. The average Bonchev–Trinajstić information content (AvgIpc) is 2.99. The number of rotatable bonds is 4. The molecule has 3 heteroatoms. The third-order valence-corrected chi connectivity index (χ3v) is 3.36. The summed E-state index contributed by atoms with van der Waals surface area (Å²) in [5.74, 6) is 5.88. The van der Waals surface area contributed by atoms with Gasteiger partial charge in [0.25, 0.3) is 0 Å². The number of hydrogen-bond acceptors (Lipinski definition) is 3. The number of likely N-dealkylation sites (tertiary alicyclic amines) is 1. The topological polar surface area (TPSA) is 38.5 Å². The first-order chi connectivity index (χ1) is 6.40. The summed E-state index contributed by atoms with van der Waals surface area (Å²) in [6, 6.07) is 0.951. The van der Waals surface area contributed by atoms with Gasteiger partial charge in [-0.2, -0.15) is 0 Å². The fourth-order valence-electron chi connectivity index (χ4n) is 2.28. The van der Waals surface area contributed by atoms with Crippen LogP contribution in [0.5, 0.6) is 0 Å². The number of piperidine rings is 1. The van der Waals surface area contributed by atoms with Crippen molar-refractivity contribution in [2.45, 2.75) is 38.1 Å². The Morgan fingerprint density at radius 3 is 2.38 bits per heavy atom. The minimum absolute atomic E-state index is 0.730. The van der Waals surface area contributed by atoms with Gasteiger partial charge in [-0.3, -0.25) is 0 Å². The maximum absolute atomic E-state index is 5.02. The molecule has 2 rings (SSSR count). The monoisotopic (exact) mass is 184 g/mol. The summed E-state index contributed by atoms with van der Waals surface area (Å²) in [7, 11) is 0. The van der Waals surface area contributed by atoms with Crippen molar-refractivity contribution in [2.24, 2.45) is 11.8 Å². The second-order valence-electron chi connectivity index (χ2n) is 4.37. The van der Waals surface area contributed by atoms with E-state index in [2.05, 4.69) is 9.74 Å². The third kappa shape index (κ3) is 2.66. The fourth-order valence-corrected chi connectivity index (χ4v) is 2.28. The largest absolute Gasteiger partial charge is 0.305 e. The van der Waals surface area contributed by atoms with E-state index in [-0.39, 0.29) is 0 Å². The Bertz CT molecular complexity index is 151. The van der Waals surface area contributed by atoms with Gasteiger partial charge in [-0.05, 0) is 51.1 Å². The van der Waals surface area contributed by atoms with Crippen molar-refractivity contribution in [1.29, 1.82) is 0 Å². The lowest BCUT2D eigenvalue weighted by Crippen LogP contribution is -2.35. The molecule has 0 bridgehead atoms. The summed E-state index contributed by atoms with van der Waals surface area (Å²) in [6.45, 7) is 3.34. The van der Waals surface area contributed by atoms with Gasteiger partial charge in [0.15, 0.2) is 0 Å². The predicted molar refractivity (Wildman–Crippen MR) is 52.1 cm³/mol. The highest BCUT2D eigenvalue weighted by Crippen LogP contribution is 2.31. The summed E-state index contributed by atoms with van der Waals surface area (Å²) in [5, 5.41) is 0. The Balaban J connectivity index is 1.63. The van der Waals surface area contributed by atoms with E-state index < -0.39 is 0 Å². The molecule has 13 heavy (non-hydrogen) atoms. The summed E-state index contributed by atoms with van der Waals surface area (Å²) in [5.41, 5.74) is 0. The van der Waals surface area contributed by atoms with Crippen molar-refractivity contribution in [3.8, 4) is 0 Å². The van der Waals surface area contributed by atoms with Gasteiger partial charge in [0.2, 0.25) is 0 Å². The first-order valence-corrected chi connectivity index (χ1v) is 5.46. The minimum atomic E-state index is 0.730. The molecule has 0 aromatic rings. The van der Waals surface area contributed by atoms with Crippen LogP contribution in [0.15, 0.2) is 0 Å². The predicted octanol–water partition coefficient (Wildman–Crippen LogP) is 1.14. The minimum Gasteiger partial charge on any atom is -0.305 e. The second kappa shape index (κ2) is 4.40. The zero-order chi connectivity index (χ0) is 9.10. The molecule has 2 aliphatic rings. The Hall–Kier alpha value is -0.120. The maximum atomic E-state index is 5.02. The summed E-state index contributed by atoms with van der Waals surface area (Å²) < 4.78 is 0. The normalized spacial score (nSPS) is 26.5. The van der Waals surface area contributed by atoms with Gasteiger partial charge in [0.1, 0.15) is 0 Å². The van der Waals surface area contributed by atoms with Crippen molar-refractivity contribution in [1.82, 2.24) is 4.90 Å². The first-order valence-electron chi connectivity index (χ1n) is 5.46. The van der Waals surface area contributed by atoms with Crippen LogP contribution in [0.2, 0.25) is 0 Å². The Morgan fingerprint density at radius 1 is 1.15 bits per heavy atom. The summed E-state index contributed by atoms with van der Waals surface area (Å²) >= 11 is 0. The molecule has 1 saturated carbocycles. The lowest BCUT2D eigenvalue weighted by molar-refractivity contribution is 0.101. The lowest BCUT2D eigenvalue weighted by Gasteiger charge is -2.31. The molecule has 0 unspecified atom stereocenters. The summed E-state index contributed by atoms with van der Waals surface area (Å²) in [6.07, 6.45) is 6.72. The van der Waals surface area contributed by atoms with E-state index >= 15 is 0 Å². The standard InChI is InChI=1S/C10H20N2O/c11-13-8-5-9-3-6-12(7-4-9)10-1-2-10/h9-10H,1-8,11H2. The molecule has 2 N–H and O–H groups in total. The van der Waals surface area contributed by atoms with E-state index in [1.165, 1.54) is 38.8 Å². The van der Waals surface area contributed by atoms with Crippen LogP contribution in [0, 0.1) is 5.92 Å². The molecule has 0 amide bonds. The van der Waals surface area contributed by atoms with Crippen LogP contribution in [0.3, 0.4) is 0 Å². The maximum Gasteiger partial charge on any atom is 0.0681 e. The van der Waals surface area contributed by atoms with E-state index in [4.69, 9.17) is 5.90 Å². The molecule has 2 fully saturated rings. The molecule has 1 heterocycles. The van der Waals surface area contributed by atoms with Crippen LogP contribution in [0.1, 0.15) is 32.1 Å². The fraction of sp³-hybridized carbons (Fsp3) is 1.00. The van der Waals surface area contributed by atoms with Gasteiger partial charge in [0.05, 0.1) is 6.61 Å². The number of hydrogen-bond donors (Lipinski definition) is 1. The molecule has 0 atom stereocenters. The number of nitrogens with zero attached hydrogens (tertiary/aromatic N) is 1. The van der Waals surface area contributed by atoms with Gasteiger partial charge < -0.3 is 9.74 Å². The van der Waals surface area contributed by atoms with Crippen LogP contribution in [0.4, 0.5) is 0 Å². The molecule has 76 valence electrons. The van der Waals surface area contributed by atoms with Gasteiger partial charge in [-0.1, -0.05) is 0 Å². The van der Waals surface area contributed by atoms with Crippen LogP contribution >= 0.6 is 0 Å². The Kier molecular flexibility index (Phi) is 3.19. The quantitative estimate of drug-likeness (QED) is 0.666. The molecule has 3 nitrogen and oxygen atoms in total. The highest BCUT2D eigenvalue weighted by Gasteiger charge is 2.31. The Labute approximate surface area is 80.2 Å². The zero-order valence-electron chi connectivity index (χ0n) is 8.24. The third-order valence-electron chi connectivity index (χ3n) is 3.36. The molecular weight excluding hydrogens is 164 g/mol. The van der Waals surface area contributed by atoms with Gasteiger partial charge in [-0.25, -0.2) is 5.90 Å². The molecule has 1 aliphatic heterocycles. The van der Waals surface area contributed by atoms with E-state index in [1.807, 2.05) is 0 Å². The zero-order valence-corrected chi connectivity index (χ0v) is 8.24. The van der Waals surface area contributed by atoms with Gasteiger partial charge in [0, 0.05) is 6.04 Å². The average molecular weight is 184 g/mol. The van der Waals surface area contributed by atoms with Crippen molar-refractivity contribution in [3.05, 3.63) is 0 Å². The van der Waals surface area contributed by atoms with Gasteiger partial charge >= 0.3 is 0 Å². The van der Waals surface area contributed by atoms with Crippen LogP contribution in [-0.4, -0.2) is 30.6 Å². The first kappa shape index (κ1) is 9.44. The van der Waals surface area contributed by atoms with Crippen molar-refractivity contribution >= 4 is 0 Å². The molecular formula is C10H20N2O. The van der Waals surface area contributed by atoms with Crippen LogP contribution in [0.25, 0.3) is 0 Å². The van der Waals surface area contributed by atoms with E-state index in [0.717, 1.165) is 25.0 Å². The molecule has 0 aromatic carbocycles. The van der Waals surface area contributed by atoms with Crippen molar-refractivity contribution in [3.63, 3.8) is 0 Å². The summed E-state index contributed by atoms with van der Waals surface area (Å²) in [4.78, 5) is 7.27. The molecule has 1 saturated heterocycles. The molecule has 0 radical (unpaired) electrons. The molecule has 1 aliphatic carbocycles. The Morgan fingerprint density at radius 2 is 1.85 bits per heavy atom. The SMILES string of the molecule is NOCCC1CCN(C2CC2)CC1. The molecule has 0 aromatic heterocycles. The lowest BCUT2D eigenvalue weighted by atomic mass is 9.94. The van der Waals surface area contributed by atoms with Crippen LogP contribution in [-0.2, 0) is 4.84 Å². The smallest absolute Gasteiger partial charge is 0.0681 e. The van der Waals surface area contributed by atoms with E-state index in [9.17, 15) is 0 Å². The molecule has 0 spiro atoms. The second-order valence-corrected chi connectivity index (χ2v) is 4.37. The van der Waals surface area contributed by atoms with E-state index in [0.29, 0.717) is 0 Å². The van der Waals surface area contributed by atoms with Crippen LogP contribution < -0.4 is 5.90 Å². The van der Waals surface area contributed by atoms with E-state index in [1.54, 1.807) is 0 Å².